The number of pyridine rings is 1. The van der Waals surface area contributed by atoms with Crippen LogP contribution in [0.5, 0.6) is 0 Å². The lowest BCUT2D eigenvalue weighted by molar-refractivity contribution is 0.326. The van der Waals surface area contributed by atoms with Gasteiger partial charge in [0.15, 0.2) is 0 Å². The van der Waals surface area contributed by atoms with Crippen LogP contribution in [0.1, 0.15) is 42.5 Å². The molecule has 0 amide bonds. The van der Waals surface area contributed by atoms with E-state index in [9.17, 15) is 5.26 Å². The van der Waals surface area contributed by atoms with Crippen LogP contribution in [0.4, 0.5) is 5.82 Å². The Morgan fingerprint density at radius 3 is 3.00 bits per heavy atom. The molecular formula is C16H20N4. The van der Waals surface area contributed by atoms with Gasteiger partial charge in [0.2, 0.25) is 0 Å². The second-order valence-corrected chi connectivity index (χ2v) is 6.31. The van der Waals surface area contributed by atoms with Crippen LogP contribution in [-0.2, 0) is 12.8 Å². The lowest BCUT2D eigenvalue weighted by Gasteiger charge is -2.17. The Hall–Kier alpha value is -1.60. The highest BCUT2D eigenvalue weighted by Gasteiger charge is 2.34. The van der Waals surface area contributed by atoms with Crippen molar-refractivity contribution in [2.45, 2.75) is 50.6 Å². The molecule has 2 fully saturated rings. The molecule has 2 aliphatic carbocycles. The topological polar surface area (TPSA) is 52.0 Å². The molecule has 4 nitrogen and oxygen atoms in total. The van der Waals surface area contributed by atoms with Gasteiger partial charge in [-0.2, -0.15) is 5.26 Å². The molecule has 3 aliphatic rings. The molecule has 1 aromatic rings. The van der Waals surface area contributed by atoms with E-state index in [2.05, 4.69) is 16.3 Å². The molecule has 0 aromatic carbocycles. The first kappa shape index (κ1) is 12.2. The van der Waals surface area contributed by atoms with Crippen LogP contribution < -0.4 is 5.32 Å². The van der Waals surface area contributed by atoms with Gasteiger partial charge in [0.05, 0.1) is 5.56 Å². The number of hydrogen-bond acceptors (Lipinski definition) is 4. The summed E-state index contributed by atoms with van der Waals surface area (Å²) in [7, 11) is 0. The molecule has 1 N–H and O–H groups in total. The van der Waals surface area contributed by atoms with Gasteiger partial charge in [-0.15, -0.1) is 0 Å². The molecule has 4 heteroatoms. The van der Waals surface area contributed by atoms with E-state index in [1.54, 1.807) is 0 Å². The predicted molar refractivity (Wildman–Crippen MR) is 77.6 cm³/mol. The average molecular weight is 268 g/mol. The summed E-state index contributed by atoms with van der Waals surface area (Å²) in [5, 5.41) is 12.9. The third-order valence-electron chi connectivity index (χ3n) is 4.80. The SMILES string of the molecule is N#Cc1cc2c(nc1NC1CCN(C3CC3)C1)CCC2. The summed E-state index contributed by atoms with van der Waals surface area (Å²) in [4.78, 5) is 7.30. The minimum atomic E-state index is 0.453. The maximum Gasteiger partial charge on any atom is 0.144 e. The summed E-state index contributed by atoms with van der Waals surface area (Å²) in [6.45, 7) is 2.30. The molecule has 0 spiro atoms. The summed E-state index contributed by atoms with van der Waals surface area (Å²) in [6.07, 6.45) is 7.22. The van der Waals surface area contributed by atoms with Crippen molar-refractivity contribution in [1.29, 1.82) is 5.26 Å². The molecule has 2 heterocycles. The summed E-state index contributed by atoms with van der Waals surface area (Å²) >= 11 is 0. The third-order valence-corrected chi connectivity index (χ3v) is 4.80. The zero-order valence-electron chi connectivity index (χ0n) is 11.7. The molecule has 1 unspecified atom stereocenters. The third kappa shape index (κ3) is 2.16. The van der Waals surface area contributed by atoms with Gasteiger partial charge in [0.25, 0.3) is 0 Å². The molecule has 1 saturated heterocycles. The van der Waals surface area contributed by atoms with Crippen molar-refractivity contribution >= 4 is 5.82 Å². The fourth-order valence-electron chi connectivity index (χ4n) is 3.54. The average Bonchev–Trinajstić information content (AvgIpc) is 3.04. The number of anilines is 1. The maximum absolute atomic E-state index is 9.33. The predicted octanol–water partition coefficient (Wildman–Crippen LogP) is 2.09. The number of rotatable bonds is 3. The summed E-state index contributed by atoms with van der Waals surface area (Å²) in [5.74, 6) is 0.816. The molecule has 4 rings (SSSR count). The molecule has 1 aromatic heterocycles. The molecular weight excluding hydrogens is 248 g/mol. The van der Waals surface area contributed by atoms with Crippen molar-refractivity contribution in [3.63, 3.8) is 0 Å². The smallest absolute Gasteiger partial charge is 0.144 e. The van der Waals surface area contributed by atoms with Gasteiger partial charge in [0, 0.05) is 30.9 Å². The van der Waals surface area contributed by atoms with Crippen LogP contribution in [0.2, 0.25) is 0 Å². The number of fused-ring (bicyclic) bond motifs is 1. The standard InChI is InChI=1S/C16H20N4/c17-9-12-8-11-2-1-3-15(11)19-16(12)18-13-6-7-20(10-13)14-4-5-14/h8,13-14H,1-7,10H2,(H,18,19). The summed E-state index contributed by atoms with van der Waals surface area (Å²) in [5.41, 5.74) is 3.19. The summed E-state index contributed by atoms with van der Waals surface area (Å²) < 4.78 is 0. The van der Waals surface area contributed by atoms with Gasteiger partial charge in [-0.25, -0.2) is 4.98 Å². The molecule has 104 valence electrons. The van der Waals surface area contributed by atoms with Gasteiger partial charge in [0.1, 0.15) is 11.9 Å². The molecule has 20 heavy (non-hydrogen) atoms. The second-order valence-electron chi connectivity index (χ2n) is 6.31. The number of aromatic nitrogens is 1. The summed E-state index contributed by atoms with van der Waals surface area (Å²) in [6, 6.07) is 5.65. The van der Waals surface area contributed by atoms with E-state index in [0.717, 1.165) is 36.8 Å². The molecule has 1 saturated carbocycles. The highest BCUT2D eigenvalue weighted by Crippen LogP contribution is 2.31. The Morgan fingerprint density at radius 2 is 2.20 bits per heavy atom. The van der Waals surface area contributed by atoms with Crippen LogP contribution in [0.3, 0.4) is 0 Å². The van der Waals surface area contributed by atoms with Crippen LogP contribution in [0, 0.1) is 11.3 Å². The highest BCUT2D eigenvalue weighted by atomic mass is 15.2. The van der Waals surface area contributed by atoms with Crippen molar-refractivity contribution in [3.8, 4) is 6.07 Å². The molecule has 0 bridgehead atoms. The van der Waals surface area contributed by atoms with Gasteiger partial charge in [-0.3, -0.25) is 4.90 Å². The quantitative estimate of drug-likeness (QED) is 0.912. The Morgan fingerprint density at radius 1 is 1.30 bits per heavy atom. The number of nitrogens with one attached hydrogen (secondary N) is 1. The monoisotopic (exact) mass is 268 g/mol. The Balaban J connectivity index is 1.52. The Labute approximate surface area is 119 Å². The maximum atomic E-state index is 9.33. The van der Waals surface area contributed by atoms with E-state index < -0.39 is 0 Å². The molecule has 0 radical (unpaired) electrons. The molecule has 1 aliphatic heterocycles. The Kier molecular flexibility index (Phi) is 2.89. The first-order valence-electron chi connectivity index (χ1n) is 7.77. The number of nitriles is 1. The van der Waals surface area contributed by atoms with E-state index in [1.807, 2.05) is 6.07 Å². The van der Waals surface area contributed by atoms with Gasteiger partial charge >= 0.3 is 0 Å². The normalized spacial score (nSPS) is 25.4. The van der Waals surface area contributed by atoms with Gasteiger partial charge in [-0.05, 0) is 50.2 Å². The van der Waals surface area contributed by atoms with Crippen LogP contribution in [0.15, 0.2) is 6.07 Å². The van der Waals surface area contributed by atoms with E-state index in [0.29, 0.717) is 6.04 Å². The first-order valence-corrected chi connectivity index (χ1v) is 7.77. The zero-order chi connectivity index (χ0) is 13.5. The van der Waals surface area contributed by atoms with Crippen molar-refractivity contribution in [2.24, 2.45) is 0 Å². The minimum Gasteiger partial charge on any atom is -0.365 e. The van der Waals surface area contributed by atoms with E-state index in [-0.39, 0.29) is 0 Å². The van der Waals surface area contributed by atoms with Crippen LogP contribution >= 0.6 is 0 Å². The van der Waals surface area contributed by atoms with Crippen molar-refractivity contribution in [3.05, 3.63) is 22.9 Å². The number of hydrogen-bond donors (Lipinski definition) is 1. The van der Waals surface area contributed by atoms with Gasteiger partial charge < -0.3 is 5.32 Å². The van der Waals surface area contributed by atoms with Gasteiger partial charge in [-0.1, -0.05) is 0 Å². The van der Waals surface area contributed by atoms with Crippen LogP contribution in [0.25, 0.3) is 0 Å². The largest absolute Gasteiger partial charge is 0.365 e. The number of likely N-dealkylation sites (tertiary alicyclic amines) is 1. The lowest BCUT2D eigenvalue weighted by Crippen LogP contribution is -2.28. The number of nitrogens with zero attached hydrogens (tertiary/aromatic N) is 3. The van der Waals surface area contributed by atoms with Crippen molar-refractivity contribution in [1.82, 2.24) is 9.88 Å². The lowest BCUT2D eigenvalue weighted by atomic mass is 10.1. The zero-order valence-corrected chi connectivity index (χ0v) is 11.7. The fourth-order valence-corrected chi connectivity index (χ4v) is 3.54. The van der Waals surface area contributed by atoms with Crippen molar-refractivity contribution < 1.29 is 0 Å². The number of aryl methyl sites for hydroxylation is 2. The Bertz CT molecular complexity index is 571. The highest BCUT2D eigenvalue weighted by molar-refractivity contribution is 5.55. The van der Waals surface area contributed by atoms with E-state index in [4.69, 9.17) is 4.98 Å². The van der Waals surface area contributed by atoms with Crippen LogP contribution in [-0.4, -0.2) is 35.1 Å². The first-order chi connectivity index (χ1) is 9.83. The fraction of sp³-hybridized carbons (Fsp3) is 0.625. The van der Waals surface area contributed by atoms with E-state index in [1.165, 1.54) is 43.5 Å². The second kappa shape index (κ2) is 4.75. The minimum absolute atomic E-state index is 0.453. The molecule has 1 atom stereocenters. The van der Waals surface area contributed by atoms with E-state index >= 15 is 0 Å². The van der Waals surface area contributed by atoms with Crippen molar-refractivity contribution in [2.75, 3.05) is 18.4 Å².